The molecule has 1 atom stereocenters. The molecule has 1 unspecified atom stereocenters. The molecule has 1 N–H and O–H groups in total. The van der Waals surface area contributed by atoms with Gasteiger partial charge in [-0.1, -0.05) is 17.9 Å². The van der Waals surface area contributed by atoms with E-state index in [-0.39, 0.29) is 12.7 Å². The molecule has 0 saturated carbocycles. The molecule has 4 heteroatoms. The molecule has 1 saturated heterocycles. The summed E-state index contributed by atoms with van der Waals surface area (Å²) in [5.74, 6) is 6.23. The van der Waals surface area contributed by atoms with Gasteiger partial charge < -0.3 is 19.3 Å². The molecular formula is C17H22O4. The number of ether oxygens (including phenoxy) is 3. The molecular weight excluding hydrogens is 268 g/mol. The maximum atomic E-state index is 8.79. The van der Waals surface area contributed by atoms with Crippen LogP contribution in [0, 0.1) is 11.8 Å². The average Bonchev–Trinajstić information content (AvgIpc) is 2.54. The van der Waals surface area contributed by atoms with Gasteiger partial charge in [0.15, 0.2) is 0 Å². The second kappa shape index (κ2) is 8.68. The molecule has 2 rings (SSSR count). The summed E-state index contributed by atoms with van der Waals surface area (Å²) in [6.45, 7) is 1.84. The Morgan fingerprint density at radius 3 is 3.00 bits per heavy atom. The van der Waals surface area contributed by atoms with Crippen LogP contribution in [-0.4, -0.2) is 38.1 Å². The van der Waals surface area contributed by atoms with Gasteiger partial charge in [-0.05, 0) is 37.0 Å². The fourth-order valence-corrected chi connectivity index (χ4v) is 2.32. The summed E-state index contributed by atoms with van der Waals surface area (Å²) in [6, 6.07) is 5.77. The maximum absolute atomic E-state index is 8.79. The number of aliphatic hydroxyl groups is 1. The van der Waals surface area contributed by atoms with Crippen LogP contribution in [0.5, 0.6) is 5.75 Å². The van der Waals surface area contributed by atoms with Crippen LogP contribution in [0.1, 0.15) is 30.4 Å². The quantitative estimate of drug-likeness (QED) is 0.844. The molecule has 0 aromatic heterocycles. The molecule has 1 aromatic rings. The standard InChI is InChI=1S/C17H22O4/c1-19-17-8-7-14(11-15(17)5-4-9-18)12-20-13-16-6-2-3-10-21-16/h7-8,11,16,18H,2-3,6,9-10,12-13H2,1H3. The Morgan fingerprint density at radius 1 is 1.38 bits per heavy atom. The lowest BCUT2D eigenvalue weighted by atomic mass is 10.1. The zero-order chi connectivity index (χ0) is 14.9. The summed E-state index contributed by atoms with van der Waals surface area (Å²) in [5.41, 5.74) is 1.80. The van der Waals surface area contributed by atoms with Crippen molar-refractivity contribution < 1.29 is 19.3 Å². The van der Waals surface area contributed by atoms with E-state index in [4.69, 9.17) is 19.3 Å². The van der Waals surface area contributed by atoms with Crippen molar-refractivity contribution in [2.24, 2.45) is 0 Å². The molecule has 1 aliphatic heterocycles. The molecule has 0 spiro atoms. The smallest absolute Gasteiger partial charge is 0.134 e. The normalized spacial score (nSPS) is 17.9. The van der Waals surface area contributed by atoms with Gasteiger partial charge in [-0.3, -0.25) is 0 Å². The van der Waals surface area contributed by atoms with Crippen molar-refractivity contribution in [3.63, 3.8) is 0 Å². The average molecular weight is 290 g/mol. The second-order valence-electron chi connectivity index (χ2n) is 5.00. The van der Waals surface area contributed by atoms with E-state index in [1.165, 1.54) is 6.42 Å². The first-order valence-electron chi connectivity index (χ1n) is 7.29. The van der Waals surface area contributed by atoms with Gasteiger partial charge in [0.05, 0.1) is 32.0 Å². The number of benzene rings is 1. The van der Waals surface area contributed by atoms with Crippen molar-refractivity contribution in [3.8, 4) is 17.6 Å². The van der Waals surface area contributed by atoms with Gasteiger partial charge >= 0.3 is 0 Å². The SMILES string of the molecule is COc1ccc(COCC2CCCCO2)cc1C#CCO. The highest BCUT2D eigenvalue weighted by Gasteiger charge is 2.13. The Morgan fingerprint density at radius 2 is 2.29 bits per heavy atom. The van der Waals surface area contributed by atoms with Crippen molar-refractivity contribution in [2.45, 2.75) is 32.0 Å². The monoisotopic (exact) mass is 290 g/mol. The van der Waals surface area contributed by atoms with Crippen LogP contribution in [0.2, 0.25) is 0 Å². The van der Waals surface area contributed by atoms with E-state index in [0.29, 0.717) is 19.0 Å². The predicted molar refractivity (Wildman–Crippen MR) is 80.2 cm³/mol. The Balaban J connectivity index is 1.90. The zero-order valence-electron chi connectivity index (χ0n) is 12.4. The summed E-state index contributed by atoms with van der Waals surface area (Å²) >= 11 is 0. The minimum atomic E-state index is -0.164. The number of hydrogen-bond acceptors (Lipinski definition) is 4. The van der Waals surface area contributed by atoms with E-state index < -0.39 is 0 Å². The van der Waals surface area contributed by atoms with Crippen molar-refractivity contribution in [3.05, 3.63) is 29.3 Å². The van der Waals surface area contributed by atoms with Gasteiger partial charge in [0.1, 0.15) is 12.4 Å². The van der Waals surface area contributed by atoms with Crippen LogP contribution in [0.3, 0.4) is 0 Å². The molecule has 21 heavy (non-hydrogen) atoms. The van der Waals surface area contributed by atoms with Crippen molar-refractivity contribution in [1.29, 1.82) is 0 Å². The van der Waals surface area contributed by atoms with Crippen LogP contribution >= 0.6 is 0 Å². The molecule has 1 fully saturated rings. The summed E-state index contributed by atoms with van der Waals surface area (Å²) in [7, 11) is 1.61. The first-order chi connectivity index (χ1) is 10.3. The number of methoxy groups -OCH3 is 1. The first kappa shape index (κ1) is 15.8. The molecule has 0 radical (unpaired) electrons. The van der Waals surface area contributed by atoms with Crippen LogP contribution < -0.4 is 4.74 Å². The third-order valence-electron chi connectivity index (χ3n) is 3.41. The summed E-state index contributed by atoms with van der Waals surface area (Å²) in [6.07, 6.45) is 3.68. The molecule has 1 aliphatic rings. The highest BCUT2D eigenvalue weighted by Crippen LogP contribution is 2.20. The van der Waals surface area contributed by atoms with Crippen LogP contribution in [0.25, 0.3) is 0 Å². The van der Waals surface area contributed by atoms with Gasteiger partial charge in [-0.2, -0.15) is 0 Å². The lowest BCUT2D eigenvalue weighted by Crippen LogP contribution is -2.24. The highest BCUT2D eigenvalue weighted by atomic mass is 16.5. The van der Waals surface area contributed by atoms with E-state index in [9.17, 15) is 0 Å². The van der Waals surface area contributed by atoms with Gasteiger partial charge in [0, 0.05) is 6.61 Å². The predicted octanol–water partition coefficient (Wildman–Crippen LogP) is 2.12. The molecule has 0 aliphatic carbocycles. The van der Waals surface area contributed by atoms with Crippen LogP contribution in [0.4, 0.5) is 0 Å². The Bertz CT molecular complexity index is 495. The van der Waals surface area contributed by atoms with Crippen molar-refractivity contribution in [2.75, 3.05) is 26.9 Å². The molecule has 1 heterocycles. The topological polar surface area (TPSA) is 47.9 Å². The van der Waals surface area contributed by atoms with E-state index in [0.717, 1.165) is 30.6 Å². The molecule has 0 amide bonds. The Hall–Kier alpha value is -1.54. The summed E-state index contributed by atoms with van der Waals surface area (Å²) in [5, 5.41) is 8.79. The number of hydrogen-bond donors (Lipinski definition) is 1. The zero-order valence-corrected chi connectivity index (χ0v) is 12.4. The summed E-state index contributed by atoms with van der Waals surface area (Å²) < 4.78 is 16.6. The maximum Gasteiger partial charge on any atom is 0.134 e. The fourth-order valence-electron chi connectivity index (χ4n) is 2.32. The minimum absolute atomic E-state index is 0.164. The largest absolute Gasteiger partial charge is 0.495 e. The molecule has 0 bridgehead atoms. The van der Waals surface area contributed by atoms with Crippen LogP contribution in [0.15, 0.2) is 18.2 Å². The number of rotatable bonds is 5. The van der Waals surface area contributed by atoms with Gasteiger partial charge in [-0.25, -0.2) is 0 Å². The summed E-state index contributed by atoms with van der Waals surface area (Å²) in [4.78, 5) is 0. The molecule has 114 valence electrons. The van der Waals surface area contributed by atoms with Crippen LogP contribution in [-0.2, 0) is 16.1 Å². The Labute approximate surface area is 126 Å². The van der Waals surface area contributed by atoms with Gasteiger partial charge in [-0.15, -0.1) is 0 Å². The van der Waals surface area contributed by atoms with Crippen molar-refractivity contribution in [1.82, 2.24) is 0 Å². The van der Waals surface area contributed by atoms with E-state index in [1.807, 2.05) is 18.2 Å². The van der Waals surface area contributed by atoms with E-state index in [2.05, 4.69) is 11.8 Å². The van der Waals surface area contributed by atoms with Crippen molar-refractivity contribution >= 4 is 0 Å². The van der Waals surface area contributed by atoms with E-state index in [1.54, 1.807) is 7.11 Å². The highest BCUT2D eigenvalue weighted by molar-refractivity contribution is 5.48. The fraction of sp³-hybridized carbons (Fsp3) is 0.529. The second-order valence-corrected chi connectivity index (χ2v) is 5.00. The Kier molecular flexibility index (Phi) is 6.55. The third kappa shape index (κ3) is 5.05. The number of aliphatic hydroxyl groups excluding tert-OH is 1. The van der Waals surface area contributed by atoms with Gasteiger partial charge in [0.2, 0.25) is 0 Å². The lowest BCUT2D eigenvalue weighted by molar-refractivity contribution is -0.0447. The van der Waals surface area contributed by atoms with Gasteiger partial charge in [0.25, 0.3) is 0 Å². The van der Waals surface area contributed by atoms with E-state index >= 15 is 0 Å². The molecule has 1 aromatic carbocycles. The third-order valence-corrected chi connectivity index (χ3v) is 3.41. The molecule has 4 nitrogen and oxygen atoms in total. The lowest BCUT2D eigenvalue weighted by Gasteiger charge is -2.22. The first-order valence-corrected chi connectivity index (χ1v) is 7.29. The minimum Gasteiger partial charge on any atom is -0.495 e.